The van der Waals surface area contributed by atoms with Gasteiger partial charge in [-0.3, -0.25) is 9.52 Å². The lowest BCUT2D eigenvalue weighted by atomic mass is 10.0. The molecule has 2 N–H and O–H groups in total. The zero-order valence-electron chi connectivity index (χ0n) is 19.2. The molecule has 178 valence electrons. The van der Waals surface area contributed by atoms with Crippen LogP contribution in [0.4, 0.5) is 11.4 Å². The van der Waals surface area contributed by atoms with E-state index in [0.717, 1.165) is 16.7 Å². The maximum absolute atomic E-state index is 12.6. The van der Waals surface area contributed by atoms with Crippen molar-refractivity contribution in [2.75, 3.05) is 16.6 Å². The Morgan fingerprint density at radius 2 is 1.26 bits per heavy atom. The number of carbonyl (C=O) groups is 1. The van der Waals surface area contributed by atoms with Crippen LogP contribution in [0.1, 0.15) is 22.8 Å². The number of anilines is 2. The second-order valence-electron chi connectivity index (χ2n) is 8.06. The van der Waals surface area contributed by atoms with Gasteiger partial charge in [0.15, 0.2) is 0 Å². The largest absolute Gasteiger partial charge is 0.359 e. The lowest BCUT2D eigenvalue weighted by Crippen LogP contribution is -2.20. The minimum atomic E-state index is -3.69. The van der Waals surface area contributed by atoms with Crippen LogP contribution in [0.3, 0.4) is 0 Å². The third-order valence-electron chi connectivity index (χ3n) is 5.34. The van der Waals surface area contributed by atoms with Crippen LogP contribution in [0.2, 0.25) is 0 Å². The monoisotopic (exact) mass is 486 g/mol. The molecule has 4 rings (SSSR count). The van der Waals surface area contributed by atoms with Crippen molar-refractivity contribution in [2.24, 2.45) is 0 Å². The van der Waals surface area contributed by atoms with E-state index in [1.807, 2.05) is 67.6 Å². The normalized spacial score (nSPS) is 11.3. The number of ether oxygens (including phenoxy) is 1. The molecule has 0 heterocycles. The fourth-order valence-corrected chi connectivity index (χ4v) is 4.61. The van der Waals surface area contributed by atoms with Crippen LogP contribution in [0, 0.1) is 6.92 Å². The second-order valence-corrected chi connectivity index (χ2v) is 9.74. The first kappa shape index (κ1) is 24.2. The fraction of sp³-hybridized carbons (Fsp3) is 0.107. The van der Waals surface area contributed by atoms with Crippen LogP contribution < -0.4 is 10.0 Å². The lowest BCUT2D eigenvalue weighted by Gasteiger charge is -2.19. The summed E-state index contributed by atoms with van der Waals surface area (Å²) in [6.07, 6.45) is -0.373. The summed E-state index contributed by atoms with van der Waals surface area (Å²) in [6, 6.07) is 32.5. The molecule has 0 saturated carbocycles. The molecular formula is C28H26N2O4S. The Balaban J connectivity index is 1.37. The van der Waals surface area contributed by atoms with Crippen molar-refractivity contribution in [3.05, 3.63) is 126 Å². The van der Waals surface area contributed by atoms with E-state index in [-0.39, 0.29) is 23.5 Å². The number of hydrogen-bond acceptors (Lipinski definition) is 4. The van der Waals surface area contributed by atoms with Gasteiger partial charge in [-0.05, 0) is 54.4 Å². The van der Waals surface area contributed by atoms with Crippen LogP contribution in [-0.4, -0.2) is 20.9 Å². The van der Waals surface area contributed by atoms with E-state index >= 15 is 0 Å². The molecule has 0 fully saturated rings. The van der Waals surface area contributed by atoms with Gasteiger partial charge in [0.25, 0.3) is 10.0 Å². The smallest absolute Gasteiger partial charge is 0.261 e. The Kier molecular flexibility index (Phi) is 7.60. The first-order valence-electron chi connectivity index (χ1n) is 11.1. The summed E-state index contributed by atoms with van der Waals surface area (Å²) in [6.45, 7) is 1.75. The number of hydrogen-bond donors (Lipinski definition) is 2. The predicted molar refractivity (Wildman–Crippen MR) is 138 cm³/mol. The zero-order chi connectivity index (χ0) is 24.7. The molecule has 4 aromatic carbocycles. The highest BCUT2D eigenvalue weighted by Crippen LogP contribution is 2.26. The quantitative estimate of drug-likeness (QED) is 0.325. The summed E-state index contributed by atoms with van der Waals surface area (Å²) < 4.78 is 33.7. The number of carbonyl (C=O) groups excluding carboxylic acids is 1. The number of nitrogens with one attached hydrogen (secondary N) is 2. The molecule has 0 aliphatic heterocycles. The van der Waals surface area contributed by atoms with Gasteiger partial charge in [-0.25, -0.2) is 8.42 Å². The first-order valence-corrected chi connectivity index (χ1v) is 12.6. The average Bonchev–Trinajstić information content (AvgIpc) is 2.87. The third kappa shape index (κ3) is 6.56. The molecule has 0 saturated heterocycles. The second kappa shape index (κ2) is 11.0. The third-order valence-corrected chi connectivity index (χ3v) is 6.74. The Labute approximate surface area is 205 Å². The van der Waals surface area contributed by atoms with E-state index in [1.54, 1.807) is 48.5 Å². The molecule has 0 atom stereocenters. The molecule has 4 aromatic rings. The standard InChI is InChI=1S/C28H26N2O4S/c1-21-12-18-26(19-13-21)35(32,33)30-25-16-14-24(15-17-25)29-27(31)20-34-28(22-8-4-2-5-9-22)23-10-6-3-7-11-23/h2-19,28,30H,20H2,1H3,(H,29,31). The number of aryl methyl sites for hydroxylation is 1. The van der Waals surface area contributed by atoms with E-state index in [0.29, 0.717) is 11.4 Å². The molecule has 0 unspecified atom stereocenters. The van der Waals surface area contributed by atoms with Crippen molar-refractivity contribution >= 4 is 27.3 Å². The highest BCUT2D eigenvalue weighted by atomic mass is 32.2. The van der Waals surface area contributed by atoms with Crippen molar-refractivity contribution in [2.45, 2.75) is 17.9 Å². The van der Waals surface area contributed by atoms with Gasteiger partial charge < -0.3 is 10.1 Å². The molecule has 0 aliphatic rings. The van der Waals surface area contributed by atoms with Gasteiger partial charge in [0.05, 0.1) is 4.90 Å². The van der Waals surface area contributed by atoms with Gasteiger partial charge in [-0.2, -0.15) is 0 Å². The summed E-state index contributed by atoms with van der Waals surface area (Å²) in [5.74, 6) is -0.310. The van der Waals surface area contributed by atoms with Gasteiger partial charge in [-0.1, -0.05) is 78.4 Å². The maximum atomic E-state index is 12.6. The van der Waals surface area contributed by atoms with Gasteiger partial charge in [0, 0.05) is 11.4 Å². The van der Waals surface area contributed by atoms with Crippen molar-refractivity contribution in [1.82, 2.24) is 0 Å². The summed E-state index contributed by atoms with van der Waals surface area (Å²) in [7, 11) is -3.69. The zero-order valence-corrected chi connectivity index (χ0v) is 20.0. The minimum Gasteiger partial charge on any atom is -0.359 e. The highest BCUT2D eigenvalue weighted by Gasteiger charge is 2.17. The molecule has 0 aliphatic carbocycles. The molecular weight excluding hydrogens is 460 g/mol. The van der Waals surface area contributed by atoms with Crippen LogP contribution >= 0.6 is 0 Å². The van der Waals surface area contributed by atoms with E-state index in [2.05, 4.69) is 10.0 Å². The molecule has 1 amide bonds. The number of sulfonamides is 1. The average molecular weight is 487 g/mol. The number of amides is 1. The number of benzene rings is 4. The fourth-order valence-electron chi connectivity index (χ4n) is 3.55. The Morgan fingerprint density at radius 3 is 1.80 bits per heavy atom. The van der Waals surface area contributed by atoms with Gasteiger partial charge >= 0.3 is 0 Å². The summed E-state index contributed by atoms with van der Waals surface area (Å²) in [4.78, 5) is 12.7. The van der Waals surface area contributed by atoms with Crippen molar-refractivity contribution < 1.29 is 17.9 Å². The van der Waals surface area contributed by atoms with Gasteiger partial charge in [0.1, 0.15) is 12.7 Å². The lowest BCUT2D eigenvalue weighted by molar-refractivity contribution is -0.121. The van der Waals surface area contributed by atoms with Crippen molar-refractivity contribution in [3.63, 3.8) is 0 Å². The molecule has 35 heavy (non-hydrogen) atoms. The van der Waals surface area contributed by atoms with Crippen molar-refractivity contribution in [1.29, 1.82) is 0 Å². The van der Waals surface area contributed by atoms with E-state index in [4.69, 9.17) is 4.74 Å². The predicted octanol–water partition coefficient (Wildman–Crippen LogP) is 5.54. The van der Waals surface area contributed by atoms with Crippen LogP contribution in [0.25, 0.3) is 0 Å². The SMILES string of the molecule is Cc1ccc(S(=O)(=O)Nc2ccc(NC(=O)COC(c3ccccc3)c3ccccc3)cc2)cc1. The van der Waals surface area contributed by atoms with Crippen molar-refractivity contribution in [3.8, 4) is 0 Å². The topological polar surface area (TPSA) is 84.5 Å². The summed E-state index contributed by atoms with van der Waals surface area (Å²) in [5, 5.41) is 2.79. The molecule has 0 radical (unpaired) electrons. The molecule has 0 bridgehead atoms. The highest BCUT2D eigenvalue weighted by molar-refractivity contribution is 7.92. The van der Waals surface area contributed by atoms with Crippen LogP contribution in [0.5, 0.6) is 0 Å². The van der Waals surface area contributed by atoms with Gasteiger partial charge in [0.2, 0.25) is 5.91 Å². The van der Waals surface area contributed by atoms with Crippen LogP contribution in [-0.2, 0) is 19.6 Å². The number of rotatable bonds is 9. The van der Waals surface area contributed by atoms with E-state index in [9.17, 15) is 13.2 Å². The molecule has 0 spiro atoms. The van der Waals surface area contributed by atoms with Gasteiger partial charge in [-0.15, -0.1) is 0 Å². The molecule has 6 nitrogen and oxygen atoms in total. The minimum absolute atomic E-state index is 0.143. The van der Waals surface area contributed by atoms with E-state index in [1.165, 1.54) is 0 Å². The maximum Gasteiger partial charge on any atom is 0.261 e. The molecule has 7 heteroatoms. The van der Waals surface area contributed by atoms with Crippen LogP contribution in [0.15, 0.2) is 114 Å². The Hall–Kier alpha value is -3.94. The Morgan fingerprint density at radius 1 is 0.743 bits per heavy atom. The van der Waals surface area contributed by atoms with E-state index < -0.39 is 10.0 Å². The first-order chi connectivity index (χ1) is 16.9. The molecule has 0 aromatic heterocycles. The summed E-state index contributed by atoms with van der Waals surface area (Å²) >= 11 is 0. The Bertz CT molecular complexity index is 1320. The summed E-state index contributed by atoms with van der Waals surface area (Å²) in [5.41, 5.74) is 3.82.